The van der Waals surface area contributed by atoms with Crippen molar-refractivity contribution < 1.29 is 5.11 Å². The van der Waals surface area contributed by atoms with Gasteiger partial charge in [0.25, 0.3) is 5.56 Å². The maximum atomic E-state index is 13.4. The van der Waals surface area contributed by atoms with Crippen molar-refractivity contribution in [2.75, 3.05) is 5.73 Å². The quantitative estimate of drug-likeness (QED) is 0.419. The number of phenols is 1. The number of hydrogen-bond donors (Lipinski definition) is 2. The number of aryl methyl sites for hydroxylation is 1. The topological polar surface area (TPSA) is 125 Å². The molecule has 0 saturated heterocycles. The molecular formula is C23H21N7O2S. The van der Waals surface area contributed by atoms with Gasteiger partial charge in [-0.15, -0.1) is 11.3 Å². The Bertz CT molecular complexity index is 1630. The third kappa shape index (κ3) is 3.35. The highest BCUT2D eigenvalue weighted by atomic mass is 32.1. The number of nitrogens with zero attached hydrogens (tertiary/aromatic N) is 6. The van der Waals surface area contributed by atoms with Crippen LogP contribution < -0.4 is 11.3 Å². The van der Waals surface area contributed by atoms with Gasteiger partial charge in [0.2, 0.25) is 0 Å². The molecule has 4 aromatic heterocycles. The van der Waals surface area contributed by atoms with Crippen molar-refractivity contribution in [1.82, 2.24) is 29.3 Å². The third-order valence-corrected chi connectivity index (χ3v) is 6.59. The van der Waals surface area contributed by atoms with Crippen molar-refractivity contribution in [3.05, 3.63) is 63.8 Å². The molecule has 5 aromatic rings. The number of phenolic OH excluding ortho intramolecular Hbond substituents is 1. The van der Waals surface area contributed by atoms with Gasteiger partial charge in [-0.05, 0) is 43.8 Å². The number of allylic oxidation sites excluding steroid dienone is 2. The van der Waals surface area contributed by atoms with Crippen LogP contribution in [0.25, 0.3) is 38.2 Å². The number of nitrogen functional groups attached to an aromatic ring is 1. The van der Waals surface area contributed by atoms with Crippen LogP contribution in [-0.4, -0.2) is 34.4 Å². The molecule has 1 aromatic carbocycles. The van der Waals surface area contributed by atoms with E-state index in [-0.39, 0.29) is 23.7 Å². The van der Waals surface area contributed by atoms with E-state index in [1.165, 1.54) is 17.7 Å². The van der Waals surface area contributed by atoms with E-state index >= 15 is 0 Å². The van der Waals surface area contributed by atoms with Crippen LogP contribution in [-0.2, 0) is 6.54 Å². The Labute approximate surface area is 192 Å². The molecule has 0 aliphatic rings. The second-order valence-corrected chi connectivity index (χ2v) is 8.57. The fraction of sp³-hybridized carbons (Fsp3) is 0.174. The predicted octanol–water partition coefficient (Wildman–Crippen LogP) is 3.79. The van der Waals surface area contributed by atoms with Crippen LogP contribution in [0.15, 0.2) is 46.8 Å². The fourth-order valence-electron chi connectivity index (χ4n) is 3.90. The summed E-state index contributed by atoms with van der Waals surface area (Å²) in [7, 11) is 0. The lowest BCUT2D eigenvalue weighted by molar-refractivity contribution is 0.475. The molecule has 0 aliphatic heterocycles. The maximum Gasteiger partial charge on any atom is 0.266 e. The first kappa shape index (κ1) is 20.8. The molecule has 5 rings (SSSR count). The second kappa shape index (κ2) is 7.82. The lowest BCUT2D eigenvalue weighted by Crippen LogP contribution is -2.25. The first-order valence-electron chi connectivity index (χ1n) is 10.3. The maximum absolute atomic E-state index is 13.4. The number of thiophene rings is 1. The molecule has 33 heavy (non-hydrogen) atoms. The van der Waals surface area contributed by atoms with Gasteiger partial charge in [-0.1, -0.05) is 18.2 Å². The summed E-state index contributed by atoms with van der Waals surface area (Å²) >= 11 is 1.44. The van der Waals surface area contributed by atoms with Crippen molar-refractivity contribution in [2.24, 2.45) is 0 Å². The minimum Gasteiger partial charge on any atom is -0.508 e. The number of aromatic nitrogens is 6. The molecule has 4 heterocycles. The second-order valence-electron chi connectivity index (χ2n) is 7.71. The molecule has 0 saturated carbocycles. The van der Waals surface area contributed by atoms with E-state index in [4.69, 9.17) is 15.8 Å². The predicted molar refractivity (Wildman–Crippen MR) is 130 cm³/mol. The van der Waals surface area contributed by atoms with E-state index in [1.54, 1.807) is 27.4 Å². The molecule has 0 bridgehead atoms. The summed E-state index contributed by atoms with van der Waals surface area (Å²) in [5.74, 6) is 0.932. The van der Waals surface area contributed by atoms with Crippen molar-refractivity contribution in [1.29, 1.82) is 0 Å². The Kier molecular flexibility index (Phi) is 4.94. The highest BCUT2D eigenvalue weighted by Crippen LogP contribution is 2.32. The van der Waals surface area contributed by atoms with Crippen molar-refractivity contribution >= 4 is 44.1 Å². The Morgan fingerprint density at radius 1 is 1.27 bits per heavy atom. The lowest BCUT2D eigenvalue weighted by Gasteiger charge is -2.13. The molecule has 3 N–H and O–H groups in total. The van der Waals surface area contributed by atoms with Gasteiger partial charge in [0, 0.05) is 11.3 Å². The first-order chi connectivity index (χ1) is 15.9. The smallest absolute Gasteiger partial charge is 0.266 e. The zero-order valence-corrected chi connectivity index (χ0v) is 19.1. The molecule has 0 atom stereocenters. The van der Waals surface area contributed by atoms with Gasteiger partial charge in [0.05, 0.1) is 10.8 Å². The minimum atomic E-state index is -0.108. The van der Waals surface area contributed by atoms with E-state index in [0.717, 1.165) is 11.3 Å². The molecule has 0 spiro atoms. The van der Waals surface area contributed by atoms with Gasteiger partial charge < -0.3 is 10.8 Å². The number of anilines is 1. The molecule has 0 aliphatic carbocycles. The highest BCUT2D eigenvalue weighted by Gasteiger charge is 2.21. The van der Waals surface area contributed by atoms with E-state index in [1.807, 2.05) is 38.3 Å². The van der Waals surface area contributed by atoms with Gasteiger partial charge in [-0.25, -0.2) is 19.6 Å². The highest BCUT2D eigenvalue weighted by molar-refractivity contribution is 7.16. The number of hydrogen-bond acceptors (Lipinski definition) is 8. The summed E-state index contributed by atoms with van der Waals surface area (Å²) in [6.07, 6.45) is 3.26. The van der Waals surface area contributed by atoms with Crippen molar-refractivity contribution in [3.63, 3.8) is 0 Å². The number of aromatic hydroxyl groups is 1. The summed E-state index contributed by atoms with van der Waals surface area (Å²) in [6, 6.07) is 6.76. The van der Waals surface area contributed by atoms with Crippen LogP contribution >= 0.6 is 11.3 Å². The van der Waals surface area contributed by atoms with Crippen LogP contribution in [0, 0.1) is 6.92 Å². The van der Waals surface area contributed by atoms with E-state index < -0.39 is 0 Å². The monoisotopic (exact) mass is 459 g/mol. The first-order valence-corrected chi connectivity index (χ1v) is 11.2. The largest absolute Gasteiger partial charge is 0.508 e. The zero-order chi connectivity index (χ0) is 23.3. The molecular weight excluding hydrogens is 438 g/mol. The third-order valence-electron chi connectivity index (χ3n) is 5.60. The van der Waals surface area contributed by atoms with Gasteiger partial charge in [0.1, 0.15) is 40.8 Å². The van der Waals surface area contributed by atoms with Crippen LogP contribution in [0.2, 0.25) is 0 Å². The molecule has 0 unspecified atom stereocenters. The number of rotatable bonds is 4. The van der Waals surface area contributed by atoms with Crippen LogP contribution in [0.4, 0.5) is 5.82 Å². The van der Waals surface area contributed by atoms with Gasteiger partial charge in [-0.2, -0.15) is 5.10 Å². The minimum absolute atomic E-state index is 0.108. The molecule has 0 radical (unpaired) electrons. The van der Waals surface area contributed by atoms with Crippen LogP contribution in [0.1, 0.15) is 25.2 Å². The number of benzene rings is 1. The van der Waals surface area contributed by atoms with Crippen molar-refractivity contribution in [3.8, 4) is 17.0 Å². The number of nitrogens with two attached hydrogens (primary N) is 1. The average Bonchev–Trinajstić information content (AvgIpc) is 3.35. The molecule has 9 nitrogen and oxygen atoms in total. The van der Waals surface area contributed by atoms with E-state index in [0.29, 0.717) is 38.3 Å². The molecule has 0 fully saturated rings. The standard InChI is InChI=1S/C23H21N7O2S/c1-4-13(3)30-16(27-22-17(23(30)32)12(2)10-33-22)9-29-21-18(20(24)25-11-26-21)19(28-29)14-6-5-7-15(31)8-14/h4-8,10-11,31H,9H2,1-3H3,(H2,24,25,26)/b13-4+. The van der Waals surface area contributed by atoms with Gasteiger partial charge in [-0.3, -0.25) is 9.36 Å². The lowest BCUT2D eigenvalue weighted by atomic mass is 10.1. The summed E-state index contributed by atoms with van der Waals surface area (Å²) < 4.78 is 3.29. The summed E-state index contributed by atoms with van der Waals surface area (Å²) in [6.45, 7) is 5.87. The zero-order valence-electron chi connectivity index (χ0n) is 18.3. The van der Waals surface area contributed by atoms with E-state index in [9.17, 15) is 9.90 Å². The van der Waals surface area contributed by atoms with Gasteiger partial charge in [0.15, 0.2) is 5.65 Å². The summed E-state index contributed by atoms with van der Waals surface area (Å²) in [5.41, 5.74) is 9.51. The normalized spacial score (nSPS) is 12.2. The molecule has 0 amide bonds. The fourth-order valence-corrected chi connectivity index (χ4v) is 4.83. The summed E-state index contributed by atoms with van der Waals surface area (Å²) in [5, 5.41) is 17.9. The average molecular weight is 460 g/mol. The Balaban J connectivity index is 1.76. The van der Waals surface area contributed by atoms with Crippen molar-refractivity contribution in [2.45, 2.75) is 27.3 Å². The van der Waals surface area contributed by atoms with Gasteiger partial charge >= 0.3 is 0 Å². The Morgan fingerprint density at radius 2 is 2.09 bits per heavy atom. The molecule has 166 valence electrons. The SMILES string of the molecule is C/C=C(\C)n1c(Cn2nc(-c3cccc(O)c3)c3c(N)ncnc32)nc2scc(C)c2c1=O. The molecule has 10 heteroatoms. The van der Waals surface area contributed by atoms with E-state index in [2.05, 4.69) is 9.97 Å². The Hall–Kier alpha value is -4.05. The van der Waals surface area contributed by atoms with Crippen LogP contribution in [0.5, 0.6) is 5.75 Å². The summed E-state index contributed by atoms with van der Waals surface area (Å²) in [4.78, 5) is 27.4. The van der Waals surface area contributed by atoms with Crippen LogP contribution in [0.3, 0.4) is 0 Å². The number of fused-ring (bicyclic) bond motifs is 2. The Morgan fingerprint density at radius 3 is 2.85 bits per heavy atom.